The minimum atomic E-state index is 0.186. The van der Waals surface area contributed by atoms with E-state index in [1.54, 1.807) is 0 Å². The Morgan fingerprint density at radius 3 is 2.09 bits per heavy atom. The third kappa shape index (κ3) is 9.43. The van der Waals surface area contributed by atoms with Gasteiger partial charge in [0.25, 0.3) is 0 Å². The number of unbranched alkanes of at least 4 members (excludes halogenated alkanes) is 8. The second-order valence-corrected chi connectivity index (χ2v) is 6.77. The SMILES string of the molecule is CCCCCCCCCCCC(=O)NCc1ccc(C)c(C)c1. The van der Waals surface area contributed by atoms with Crippen LogP contribution >= 0.6 is 0 Å². The molecule has 0 spiro atoms. The number of carbonyl (C=O) groups is 1. The van der Waals surface area contributed by atoms with Gasteiger partial charge in [0.1, 0.15) is 0 Å². The van der Waals surface area contributed by atoms with Crippen molar-refractivity contribution >= 4 is 5.91 Å². The van der Waals surface area contributed by atoms with Crippen molar-refractivity contribution in [2.24, 2.45) is 0 Å². The van der Waals surface area contributed by atoms with Crippen molar-refractivity contribution in [3.05, 3.63) is 34.9 Å². The van der Waals surface area contributed by atoms with Gasteiger partial charge in [-0.15, -0.1) is 0 Å². The molecule has 1 aromatic carbocycles. The molecule has 0 aromatic heterocycles. The van der Waals surface area contributed by atoms with Crippen molar-refractivity contribution < 1.29 is 4.79 Å². The summed E-state index contributed by atoms with van der Waals surface area (Å²) in [6, 6.07) is 6.38. The third-order valence-corrected chi connectivity index (χ3v) is 4.57. The molecule has 2 heteroatoms. The molecule has 0 radical (unpaired) electrons. The van der Waals surface area contributed by atoms with E-state index in [1.807, 2.05) is 0 Å². The molecule has 0 heterocycles. The Morgan fingerprint density at radius 1 is 0.870 bits per heavy atom. The lowest BCUT2D eigenvalue weighted by Gasteiger charge is -2.07. The van der Waals surface area contributed by atoms with Crippen molar-refractivity contribution in [1.82, 2.24) is 5.32 Å². The standard InChI is InChI=1S/C21H35NO/c1-4-5-6-7-8-9-10-11-12-13-21(23)22-17-20-15-14-18(2)19(3)16-20/h14-16H,4-13,17H2,1-3H3,(H,22,23). The van der Waals surface area contributed by atoms with Crippen molar-refractivity contribution in [2.45, 2.75) is 91.5 Å². The van der Waals surface area contributed by atoms with E-state index >= 15 is 0 Å². The Morgan fingerprint density at radius 2 is 1.48 bits per heavy atom. The van der Waals surface area contributed by atoms with Gasteiger partial charge in [0, 0.05) is 13.0 Å². The molecule has 0 saturated carbocycles. The normalized spacial score (nSPS) is 10.7. The molecule has 0 atom stereocenters. The monoisotopic (exact) mass is 317 g/mol. The first kappa shape index (κ1) is 19.7. The summed E-state index contributed by atoms with van der Waals surface area (Å²) in [6.45, 7) is 7.13. The Kier molecular flexibility index (Phi) is 10.4. The van der Waals surface area contributed by atoms with Gasteiger partial charge in [0.15, 0.2) is 0 Å². The zero-order chi connectivity index (χ0) is 16.9. The van der Waals surface area contributed by atoms with Crippen LogP contribution in [0.25, 0.3) is 0 Å². The molecule has 1 amide bonds. The van der Waals surface area contributed by atoms with E-state index in [9.17, 15) is 4.79 Å². The smallest absolute Gasteiger partial charge is 0.220 e. The zero-order valence-corrected chi connectivity index (χ0v) is 15.4. The zero-order valence-electron chi connectivity index (χ0n) is 15.4. The summed E-state index contributed by atoms with van der Waals surface area (Å²) in [5.74, 6) is 0.186. The quantitative estimate of drug-likeness (QED) is 0.482. The van der Waals surface area contributed by atoms with E-state index in [-0.39, 0.29) is 5.91 Å². The van der Waals surface area contributed by atoms with Gasteiger partial charge >= 0.3 is 0 Å². The Hall–Kier alpha value is -1.31. The molecule has 0 unspecified atom stereocenters. The van der Waals surface area contributed by atoms with Gasteiger partial charge in [0.2, 0.25) is 5.91 Å². The van der Waals surface area contributed by atoms with Crippen molar-refractivity contribution in [3.63, 3.8) is 0 Å². The third-order valence-electron chi connectivity index (χ3n) is 4.57. The number of nitrogens with one attached hydrogen (secondary N) is 1. The van der Waals surface area contributed by atoms with Crippen LogP contribution in [0.5, 0.6) is 0 Å². The summed E-state index contributed by atoms with van der Waals surface area (Å²) in [5.41, 5.74) is 3.78. The first-order chi connectivity index (χ1) is 11.1. The average molecular weight is 318 g/mol. The highest BCUT2D eigenvalue weighted by molar-refractivity contribution is 5.75. The maximum absolute atomic E-state index is 11.9. The fourth-order valence-electron chi connectivity index (χ4n) is 2.80. The lowest BCUT2D eigenvalue weighted by atomic mass is 10.1. The summed E-state index contributed by atoms with van der Waals surface area (Å²) < 4.78 is 0. The molecule has 0 fully saturated rings. The Bertz CT molecular complexity index is 453. The fraction of sp³-hybridized carbons (Fsp3) is 0.667. The molecular formula is C21H35NO. The summed E-state index contributed by atoms with van der Waals surface area (Å²) in [5, 5.41) is 3.03. The lowest BCUT2D eigenvalue weighted by molar-refractivity contribution is -0.121. The van der Waals surface area contributed by atoms with Gasteiger partial charge in [-0.25, -0.2) is 0 Å². The van der Waals surface area contributed by atoms with Crippen LogP contribution in [0.1, 0.15) is 87.8 Å². The van der Waals surface area contributed by atoms with Crippen LogP contribution in [0.3, 0.4) is 0 Å². The Balaban J connectivity index is 2.01. The number of aryl methyl sites for hydroxylation is 2. The highest BCUT2D eigenvalue weighted by Gasteiger charge is 2.02. The van der Waals surface area contributed by atoms with E-state index in [4.69, 9.17) is 0 Å². The van der Waals surface area contributed by atoms with Gasteiger partial charge in [-0.05, 0) is 37.0 Å². The predicted molar refractivity (Wildman–Crippen MR) is 99.6 cm³/mol. The molecule has 0 saturated heterocycles. The number of carbonyl (C=O) groups excluding carboxylic acids is 1. The van der Waals surface area contributed by atoms with Crippen LogP contribution in [0.15, 0.2) is 18.2 Å². The number of hydrogen-bond acceptors (Lipinski definition) is 1. The largest absolute Gasteiger partial charge is 0.352 e. The van der Waals surface area contributed by atoms with Crippen LogP contribution in [0, 0.1) is 13.8 Å². The number of amides is 1. The minimum absolute atomic E-state index is 0.186. The molecule has 130 valence electrons. The Labute approximate surface area is 143 Å². The van der Waals surface area contributed by atoms with Crippen molar-refractivity contribution in [2.75, 3.05) is 0 Å². The topological polar surface area (TPSA) is 29.1 Å². The maximum Gasteiger partial charge on any atom is 0.220 e. The van der Waals surface area contributed by atoms with E-state index < -0.39 is 0 Å². The van der Waals surface area contributed by atoms with Crippen molar-refractivity contribution in [1.29, 1.82) is 0 Å². The van der Waals surface area contributed by atoms with Gasteiger partial charge in [-0.1, -0.05) is 76.5 Å². The molecule has 1 aromatic rings. The number of hydrogen-bond donors (Lipinski definition) is 1. The molecule has 1 N–H and O–H groups in total. The number of rotatable bonds is 12. The van der Waals surface area contributed by atoms with Crippen molar-refractivity contribution in [3.8, 4) is 0 Å². The van der Waals surface area contributed by atoms with E-state index in [0.717, 1.165) is 6.42 Å². The highest BCUT2D eigenvalue weighted by atomic mass is 16.1. The van der Waals surface area contributed by atoms with Gasteiger partial charge < -0.3 is 5.32 Å². The second-order valence-electron chi connectivity index (χ2n) is 6.77. The highest BCUT2D eigenvalue weighted by Crippen LogP contribution is 2.11. The average Bonchev–Trinajstić information content (AvgIpc) is 2.54. The number of benzene rings is 1. The summed E-state index contributed by atoms with van der Waals surface area (Å²) in [7, 11) is 0. The van der Waals surface area contributed by atoms with E-state index in [1.165, 1.54) is 68.1 Å². The predicted octanol–water partition coefficient (Wildman–Crippen LogP) is 5.84. The molecule has 1 rings (SSSR count). The lowest BCUT2D eigenvalue weighted by Crippen LogP contribution is -2.22. The van der Waals surface area contributed by atoms with E-state index in [2.05, 4.69) is 44.3 Å². The molecular weight excluding hydrogens is 282 g/mol. The van der Waals surface area contributed by atoms with Gasteiger partial charge in [0.05, 0.1) is 0 Å². The molecule has 2 nitrogen and oxygen atoms in total. The van der Waals surface area contributed by atoms with Crippen LogP contribution in [-0.2, 0) is 11.3 Å². The molecule has 0 aliphatic rings. The van der Waals surface area contributed by atoms with Crippen LogP contribution in [0.4, 0.5) is 0 Å². The maximum atomic E-state index is 11.9. The molecule has 0 aliphatic carbocycles. The first-order valence-corrected chi connectivity index (χ1v) is 9.46. The first-order valence-electron chi connectivity index (χ1n) is 9.46. The summed E-state index contributed by atoms with van der Waals surface area (Å²) in [6.07, 6.45) is 12.3. The molecule has 0 bridgehead atoms. The van der Waals surface area contributed by atoms with E-state index in [0.29, 0.717) is 13.0 Å². The van der Waals surface area contributed by atoms with Crippen LogP contribution in [0.2, 0.25) is 0 Å². The summed E-state index contributed by atoms with van der Waals surface area (Å²) >= 11 is 0. The summed E-state index contributed by atoms with van der Waals surface area (Å²) in [4.78, 5) is 11.9. The van der Waals surface area contributed by atoms with Crippen LogP contribution in [-0.4, -0.2) is 5.91 Å². The van der Waals surface area contributed by atoms with Gasteiger partial charge in [-0.2, -0.15) is 0 Å². The minimum Gasteiger partial charge on any atom is -0.352 e. The molecule has 23 heavy (non-hydrogen) atoms. The second kappa shape index (κ2) is 12.2. The fourth-order valence-corrected chi connectivity index (χ4v) is 2.80. The van der Waals surface area contributed by atoms with Gasteiger partial charge in [-0.3, -0.25) is 4.79 Å². The molecule has 0 aliphatic heterocycles. The van der Waals surface area contributed by atoms with Crippen LogP contribution < -0.4 is 5.32 Å².